The Morgan fingerprint density at radius 2 is 1.46 bits per heavy atom. The van der Waals surface area contributed by atoms with Gasteiger partial charge in [0.1, 0.15) is 16.9 Å². The maximum absolute atomic E-state index is 13.8. The average Bonchev–Trinajstić information content (AvgIpc) is 2.98. The van der Waals surface area contributed by atoms with Crippen LogP contribution in [0.4, 0.5) is 9.59 Å². The van der Waals surface area contributed by atoms with Gasteiger partial charge in [-0.2, -0.15) is 0 Å². The molecule has 0 N–H and O–H groups in total. The first kappa shape index (κ1) is 26.9. The van der Waals surface area contributed by atoms with E-state index in [9.17, 15) is 24.0 Å². The zero-order valence-corrected chi connectivity index (χ0v) is 23.2. The molecule has 0 aromatic carbocycles. The molecule has 2 spiro atoms. The van der Waals surface area contributed by atoms with Crippen molar-refractivity contribution >= 4 is 29.8 Å². The predicted octanol–water partition coefficient (Wildman–Crippen LogP) is 1.90. The summed E-state index contributed by atoms with van der Waals surface area (Å²) in [7, 11) is 10.3. The Morgan fingerprint density at radius 3 is 1.92 bits per heavy atom. The fourth-order valence-corrected chi connectivity index (χ4v) is 6.88. The van der Waals surface area contributed by atoms with Crippen LogP contribution in [0.25, 0.3) is 0 Å². The number of urea groups is 2. The molecule has 204 valence electrons. The molecular weight excluding hydrogens is 476 g/mol. The molecule has 2 saturated carbocycles. The third-order valence-electron chi connectivity index (χ3n) is 8.77. The number of carbonyl (C=O) groups excluding carboxylic acids is 5. The van der Waals surface area contributed by atoms with Crippen LogP contribution in [0.2, 0.25) is 0 Å². The first-order valence-corrected chi connectivity index (χ1v) is 13.2. The highest BCUT2D eigenvalue weighted by atomic mass is 16.2. The molecule has 2 heterocycles. The van der Waals surface area contributed by atoms with Crippen LogP contribution in [0.5, 0.6) is 0 Å². The topological polar surface area (TPSA) is 105 Å². The Kier molecular flexibility index (Phi) is 6.79. The number of barbiturate groups is 1. The lowest BCUT2D eigenvalue weighted by Gasteiger charge is -2.58. The van der Waals surface area contributed by atoms with Gasteiger partial charge in [0, 0.05) is 54.9 Å². The van der Waals surface area contributed by atoms with Crippen molar-refractivity contribution in [1.29, 1.82) is 0 Å². The van der Waals surface area contributed by atoms with E-state index >= 15 is 0 Å². The predicted molar refractivity (Wildman–Crippen MR) is 136 cm³/mol. The molecule has 11 heteroatoms. The van der Waals surface area contributed by atoms with Gasteiger partial charge in [0.25, 0.3) is 17.7 Å². The summed E-state index contributed by atoms with van der Waals surface area (Å²) in [4.78, 5) is 74.7. The number of amides is 7. The van der Waals surface area contributed by atoms with Crippen LogP contribution in [0.15, 0.2) is 11.4 Å². The highest BCUT2D eigenvalue weighted by Crippen LogP contribution is 2.61. The molecule has 2 aliphatic heterocycles. The van der Waals surface area contributed by atoms with Gasteiger partial charge >= 0.3 is 12.1 Å². The summed E-state index contributed by atoms with van der Waals surface area (Å²) in [5, 5.41) is 0. The highest BCUT2D eigenvalue weighted by Gasteiger charge is 2.67. The van der Waals surface area contributed by atoms with E-state index < -0.39 is 23.4 Å². The van der Waals surface area contributed by atoms with Crippen molar-refractivity contribution < 1.29 is 24.0 Å². The number of rotatable bonds is 6. The van der Waals surface area contributed by atoms with Crippen LogP contribution >= 0.6 is 0 Å². The first-order chi connectivity index (χ1) is 17.3. The van der Waals surface area contributed by atoms with Crippen LogP contribution in [-0.4, -0.2) is 120 Å². The quantitative estimate of drug-likeness (QED) is 0.302. The van der Waals surface area contributed by atoms with E-state index in [2.05, 4.69) is 0 Å². The SMILES string of the molecule is CCCCN1C(=O)C(=C(N(C)C)N(C)C)C(=O)N(C2CCC3(CC2)CC2(C3)C(=O)N(C)C(=O)N2C)C1=O. The van der Waals surface area contributed by atoms with Gasteiger partial charge in [-0.15, -0.1) is 0 Å². The second-order valence-corrected chi connectivity index (χ2v) is 11.6. The second kappa shape index (κ2) is 9.33. The lowest BCUT2D eigenvalue weighted by atomic mass is 9.51. The van der Waals surface area contributed by atoms with Crippen LogP contribution < -0.4 is 0 Å². The lowest BCUT2D eigenvalue weighted by Crippen LogP contribution is -2.65. The normalized spacial score (nSPS) is 30.2. The molecule has 7 amide bonds. The van der Waals surface area contributed by atoms with E-state index in [0.717, 1.165) is 19.3 Å². The van der Waals surface area contributed by atoms with Gasteiger partial charge in [-0.3, -0.25) is 29.1 Å². The number of hydrogen-bond acceptors (Lipinski definition) is 7. The Bertz CT molecular complexity index is 1040. The van der Waals surface area contributed by atoms with Gasteiger partial charge in [0.15, 0.2) is 0 Å². The van der Waals surface area contributed by atoms with E-state index in [4.69, 9.17) is 0 Å². The fourth-order valence-electron chi connectivity index (χ4n) is 6.88. The van der Waals surface area contributed by atoms with Crippen molar-refractivity contribution in [1.82, 2.24) is 29.4 Å². The van der Waals surface area contributed by atoms with Gasteiger partial charge in [-0.1, -0.05) is 13.3 Å². The van der Waals surface area contributed by atoms with E-state index in [0.29, 0.717) is 37.9 Å². The summed E-state index contributed by atoms with van der Waals surface area (Å²) in [6.07, 6.45) is 5.43. The minimum Gasteiger partial charge on any atom is -0.364 e. The molecule has 0 aromatic heterocycles. The smallest absolute Gasteiger partial charge is 0.334 e. The third kappa shape index (κ3) is 3.97. The summed E-state index contributed by atoms with van der Waals surface area (Å²) < 4.78 is 0. The van der Waals surface area contributed by atoms with Gasteiger partial charge < -0.3 is 14.7 Å². The van der Waals surface area contributed by atoms with Crippen molar-refractivity contribution in [3.05, 3.63) is 11.4 Å². The van der Waals surface area contributed by atoms with Crippen molar-refractivity contribution in [2.75, 3.05) is 48.8 Å². The maximum Gasteiger partial charge on any atom is 0.334 e. The summed E-state index contributed by atoms with van der Waals surface area (Å²) in [6, 6.07) is -1.12. The van der Waals surface area contributed by atoms with Gasteiger partial charge in [0.2, 0.25) is 0 Å². The zero-order chi connectivity index (χ0) is 27.4. The van der Waals surface area contributed by atoms with E-state index in [1.54, 1.807) is 49.9 Å². The molecular formula is C26H40N6O5. The molecule has 0 atom stereocenters. The minimum absolute atomic E-state index is 0.0216. The summed E-state index contributed by atoms with van der Waals surface area (Å²) in [5.74, 6) is -0.751. The van der Waals surface area contributed by atoms with Gasteiger partial charge in [-0.05, 0) is 50.4 Å². The Morgan fingerprint density at radius 1 is 0.892 bits per heavy atom. The minimum atomic E-state index is -0.763. The van der Waals surface area contributed by atoms with Crippen molar-refractivity contribution in [3.63, 3.8) is 0 Å². The van der Waals surface area contributed by atoms with Gasteiger partial charge in [-0.25, -0.2) is 9.59 Å². The largest absolute Gasteiger partial charge is 0.364 e. The Balaban J connectivity index is 1.57. The first-order valence-electron chi connectivity index (χ1n) is 13.2. The second-order valence-electron chi connectivity index (χ2n) is 11.6. The monoisotopic (exact) mass is 516 g/mol. The fraction of sp³-hybridized carbons (Fsp3) is 0.731. The van der Waals surface area contributed by atoms with E-state index in [-0.39, 0.29) is 35.5 Å². The number of unbranched alkanes of at least 4 members (excludes halogenated alkanes) is 1. The Hall–Kier alpha value is -3.11. The molecule has 0 aromatic rings. The maximum atomic E-state index is 13.8. The number of hydrogen-bond donors (Lipinski definition) is 0. The summed E-state index contributed by atoms with van der Waals surface area (Å²) in [5.41, 5.74) is -0.822. The number of nitrogens with zero attached hydrogens (tertiary/aromatic N) is 6. The number of carbonyl (C=O) groups is 5. The summed E-state index contributed by atoms with van der Waals surface area (Å²) in [6.45, 7) is 2.26. The van der Waals surface area contributed by atoms with Gasteiger partial charge in [0.05, 0.1) is 0 Å². The molecule has 0 radical (unpaired) electrons. The molecule has 0 bridgehead atoms. The van der Waals surface area contributed by atoms with Crippen molar-refractivity contribution in [2.45, 2.75) is 69.9 Å². The molecule has 4 rings (SSSR count). The van der Waals surface area contributed by atoms with Crippen LogP contribution in [0.3, 0.4) is 0 Å². The molecule has 0 unspecified atom stereocenters. The van der Waals surface area contributed by atoms with E-state index in [1.807, 2.05) is 6.92 Å². The van der Waals surface area contributed by atoms with E-state index in [1.165, 1.54) is 21.7 Å². The molecule has 2 saturated heterocycles. The zero-order valence-electron chi connectivity index (χ0n) is 23.2. The highest BCUT2D eigenvalue weighted by molar-refractivity contribution is 6.29. The molecule has 11 nitrogen and oxygen atoms in total. The summed E-state index contributed by atoms with van der Waals surface area (Å²) >= 11 is 0. The van der Waals surface area contributed by atoms with Crippen molar-refractivity contribution in [3.8, 4) is 0 Å². The van der Waals surface area contributed by atoms with Crippen LogP contribution in [0.1, 0.15) is 58.3 Å². The molecule has 2 aliphatic carbocycles. The lowest BCUT2D eigenvalue weighted by molar-refractivity contribution is -0.149. The molecule has 37 heavy (non-hydrogen) atoms. The number of likely N-dealkylation sites (N-methyl/N-ethyl adjacent to an activating group) is 2. The standard InChI is InChI=1S/C26H40N6O5/c1-8-9-14-31-20(33)18(19(27(2)3)28(4)5)21(34)32(24(31)37)17-10-12-25(13-11-17)15-26(16-25)22(35)29(6)23(36)30(26)7/h17H,8-16H2,1-7H3. The third-order valence-corrected chi connectivity index (χ3v) is 8.77. The van der Waals surface area contributed by atoms with Crippen molar-refractivity contribution in [2.24, 2.45) is 5.41 Å². The molecule has 4 fully saturated rings. The van der Waals surface area contributed by atoms with Crippen LogP contribution in [-0.2, 0) is 14.4 Å². The van der Waals surface area contributed by atoms with Crippen LogP contribution in [0, 0.1) is 5.41 Å². The average molecular weight is 517 g/mol. The number of imide groups is 3. The molecule has 4 aliphatic rings. The Labute approximate surface area is 219 Å².